The van der Waals surface area contributed by atoms with Gasteiger partial charge in [0.1, 0.15) is 5.82 Å². The first-order valence-electron chi connectivity index (χ1n) is 6.05. The van der Waals surface area contributed by atoms with Crippen LogP contribution in [0.2, 0.25) is 0 Å². The Morgan fingerprint density at radius 1 is 1.30 bits per heavy atom. The van der Waals surface area contributed by atoms with E-state index in [-0.39, 0.29) is 11.7 Å². The molecule has 2 aromatic rings. The molecule has 20 heavy (non-hydrogen) atoms. The lowest BCUT2D eigenvalue weighted by Gasteiger charge is -2.22. The second kappa shape index (κ2) is 6.67. The van der Waals surface area contributed by atoms with E-state index in [0.717, 1.165) is 8.04 Å². The summed E-state index contributed by atoms with van der Waals surface area (Å²) in [7, 11) is 0. The summed E-state index contributed by atoms with van der Waals surface area (Å²) < 4.78 is 15.0. The van der Waals surface area contributed by atoms with Gasteiger partial charge in [0.25, 0.3) is 5.91 Å². The Hall–Kier alpha value is -0.950. The summed E-state index contributed by atoms with van der Waals surface area (Å²) in [5.74, 6) is -0.501. The average molecular weight is 448 g/mol. The van der Waals surface area contributed by atoms with E-state index in [9.17, 15) is 9.18 Å². The highest BCUT2D eigenvalue weighted by Crippen LogP contribution is 2.24. The van der Waals surface area contributed by atoms with Crippen molar-refractivity contribution in [3.8, 4) is 0 Å². The van der Waals surface area contributed by atoms with E-state index in [1.165, 1.54) is 12.1 Å². The number of amides is 1. The van der Waals surface area contributed by atoms with Gasteiger partial charge in [-0.15, -0.1) is 0 Å². The quantitative estimate of drug-likeness (QED) is 0.615. The van der Waals surface area contributed by atoms with Crippen molar-refractivity contribution in [2.45, 2.75) is 6.92 Å². The van der Waals surface area contributed by atoms with Gasteiger partial charge in [-0.2, -0.15) is 0 Å². The number of hydrogen-bond acceptors (Lipinski definition) is 1. The van der Waals surface area contributed by atoms with Gasteiger partial charge in [-0.05, 0) is 81.8 Å². The lowest BCUT2D eigenvalue weighted by Crippen LogP contribution is -2.31. The molecule has 0 saturated heterocycles. The molecule has 2 aromatic carbocycles. The smallest absolute Gasteiger partial charge is 0.259 e. The van der Waals surface area contributed by atoms with Gasteiger partial charge in [0.2, 0.25) is 0 Å². The molecule has 2 nitrogen and oxygen atoms in total. The Bertz CT molecular complexity index is 648. The molecule has 2 rings (SSSR count). The first-order chi connectivity index (χ1) is 9.52. The van der Waals surface area contributed by atoms with Crippen molar-refractivity contribution in [2.24, 2.45) is 0 Å². The molecule has 0 aliphatic carbocycles. The van der Waals surface area contributed by atoms with Gasteiger partial charge in [0, 0.05) is 20.3 Å². The van der Waals surface area contributed by atoms with E-state index in [2.05, 4.69) is 38.5 Å². The summed E-state index contributed by atoms with van der Waals surface area (Å²) in [5.41, 5.74) is 1.13. The van der Waals surface area contributed by atoms with Crippen LogP contribution < -0.4 is 4.90 Å². The summed E-state index contributed by atoms with van der Waals surface area (Å²) in [6, 6.07) is 11.6. The molecular weight excluding hydrogens is 436 g/mol. The van der Waals surface area contributed by atoms with Crippen molar-refractivity contribution >= 4 is 50.1 Å². The number of halogens is 3. The van der Waals surface area contributed by atoms with E-state index in [4.69, 9.17) is 0 Å². The molecule has 0 aliphatic rings. The van der Waals surface area contributed by atoms with Gasteiger partial charge < -0.3 is 4.90 Å². The average Bonchev–Trinajstić information content (AvgIpc) is 2.42. The molecular formula is C15H12BrFINO. The minimum Gasteiger partial charge on any atom is -0.309 e. The third kappa shape index (κ3) is 3.38. The Labute approximate surface area is 139 Å². The molecule has 0 aromatic heterocycles. The topological polar surface area (TPSA) is 20.3 Å². The van der Waals surface area contributed by atoms with Gasteiger partial charge in [0.15, 0.2) is 0 Å². The van der Waals surface area contributed by atoms with Crippen LogP contribution in [-0.4, -0.2) is 12.5 Å². The molecule has 0 spiro atoms. The van der Waals surface area contributed by atoms with Crippen molar-refractivity contribution < 1.29 is 9.18 Å². The Balaban J connectivity index is 2.41. The predicted molar refractivity (Wildman–Crippen MR) is 90.6 cm³/mol. The van der Waals surface area contributed by atoms with Crippen LogP contribution in [-0.2, 0) is 0 Å². The van der Waals surface area contributed by atoms with Crippen LogP contribution in [0.3, 0.4) is 0 Å². The predicted octanol–water partition coefficient (Wildman–Crippen LogP) is 4.86. The number of hydrogen-bond donors (Lipinski definition) is 0. The highest BCUT2D eigenvalue weighted by atomic mass is 127. The van der Waals surface area contributed by atoms with E-state index >= 15 is 0 Å². The molecule has 0 fully saturated rings. The number of anilines is 1. The second-order valence-corrected chi connectivity index (χ2v) is 6.25. The first-order valence-corrected chi connectivity index (χ1v) is 7.92. The van der Waals surface area contributed by atoms with Crippen LogP contribution in [0.1, 0.15) is 17.3 Å². The van der Waals surface area contributed by atoms with Crippen molar-refractivity contribution in [1.29, 1.82) is 0 Å². The lowest BCUT2D eigenvalue weighted by molar-refractivity contribution is 0.0987. The van der Waals surface area contributed by atoms with Crippen LogP contribution in [0.4, 0.5) is 10.1 Å². The fourth-order valence-corrected chi connectivity index (χ4v) is 2.80. The zero-order valence-electron chi connectivity index (χ0n) is 10.7. The number of nitrogens with zero attached hydrogens (tertiary/aromatic N) is 1. The van der Waals surface area contributed by atoms with Crippen molar-refractivity contribution in [2.75, 3.05) is 11.4 Å². The summed E-state index contributed by atoms with van der Waals surface area (Å²) in [6.07, 6.45) is 0. The Morgan fingerprint density at radius 3 is 2.70 bits per heavy atom. The summed E-state index contributed by atoms with van der Waals surface area (Å²) in [5, 5.41) is 0. The highest BCUT2D eigenvalue weighted by molar-refractivity contribution is 14.1. The fourth-order valence-electron chi connectivity index (χ4n) is 1.89. The largest absolute Gasteiger partial charge is 0.309 e. The molecule has 0 radical (unpaired) electrons. The van der Waals surface area contributed by atoms with Crippen LogP contribution >= 0.6 is 38.5 Å². The first kappa shape index (κ1) is 15.4. The molecule has 104 valence electrons. The van der Waals surface area contributed by atoms with Crippen molar-refractivity contribution in [3.05, 3.63) is 61.9 Å². The van der Waals surface area contributed by atoms with E-state index < -0.39 is 0 Å². The zero-order valence-corrected chi connectivity index (χ0v) is 14.5. The molecule has 0 atom stereocenters. The standard InChI is InChI=1S/C15H12BrFINO/c1-2-19(12-5-3-4-10(17)8-12)15(20)13-9-11(18)6-7-14(13)16/h3-9H,2H2,1H3. The van der Waals surface area contributed by atoms with Gasteiger partial charge in [-0.3, -0.25) is 4.79 Å². The molecule has 1 amide bonds. The molecule has 0 aliphatic heterocycles. The molecule has 0 N–H and O–H groups in total. The SMILES string of the molecule is CCN(C(=O)c1cc(I)ccc1Br)c1cccc(F)c1. The van der Waals surface area contributed by atoms with Crippen molar-refractivity contribution in [3.63, 3.8) is 0 Å². The maximum atomic E-state index is 13.3. The summed E-state index contributed by atoms with van der Waals surface area (Å²) in [4.78, 5) is 14.2. The second-order valence-electron chi connectivity index (χ2n) is 4.15. The number of rotatable bonds is 3. The normalized spacial score (nSPS) is 10.4. The van der Waals surface area contributed by atoms with Crippen LogP contribution in [0.25, 0.3) is 0 Å². The zero-order chi connectivity index (χ0) is 14.7. The monoisotopic (exact) mass is 447 g/mol. The van der Waals surface area contributed by atoms with Crippen LogP contribution in [0.5, 0.6) is 0 Å². The lowest BCUT2D eigenvalue weighted by atomic mass is 10.2. The maximum Gasteiger partial charge on any atom is 0.259 e. The van der Waals surface area contributed by atoms with Gasteiger partial charge in [0.05, 0.1) is 5.56 Å². The van der Waals surface area contributed by atoms with Gasteiger partial charge in [-0.25, -0.2) is 4.39 Å². The molecule has 0 heterocycles. The number of carbonyl (C=O) groups is 1. The highest BCUT2D eigenvalue weighted by Gasteiger charge is 2.19. The Morgan fingerprint density at radius 2 is 2.05 bits per heavy atom. The molecule has 5 heteroatoms. The summed E-state index contributed by atoms with van der Waals surface area (Å²) >= 11 is 5.55. The maximum absolute atomic E-state index is 13.3. The molecule has 0 saturated carbocycles. The fraction of sp³-hybridized carbons (Fsp3) is 0.133. The van der Waals surface area contributed by atoms with Crippen LogP contribution in [0.15, 0.2) is 46.9 Å². The minimum absolute atomic E-state index is 0.150. The minimum atomic E-state index is -0.351. The number of carbonyl (C=O) groups excluding carboxylic acids is 1. The number of benzene rings is 2. The summed E-state index contributed by atoms with van der Waals surface area (Å²) in [6.45, 7) is 2.34. The Kier molecular flexibility index (Phi) is 5.15. The van der Waals surface area contributed by atoms with E-state index in [0.29, 0.717) is 17.8 Å². The van der Waals surface area contributed by atoms with Gasteiger partial charge in [-0.1, -0.05) is 6.07 Å². The van der Waals surface area contributed by atoms with E-state index in [1.807, 2.05) is 25.1 Å². The van der Waals surface area contributed by atoms with Crippen molar-refractivity contribution in [1.82, 2.24) is 0 Å². The molecule has 0 bridgehead atoms. The van der Waals surface area contributed by atoms with Gasteiger partial charge >= 0.3 is 0 Å². The van der Waals surface area contributed by atoms with Crippen LogP contribution in [0, 0.1) is 9.39 Å². The third-order valence-corrected chi connectivity index (χ3v) is 4.20. The molecule has 0 unspecified atom stereocenters. The third-order valence-electron chi connectivity index (χ3n) is 2.84. The van der Waals surface area contributed by atoms with E-state index in [1.54, 1.807) is 17.0 Å².